The largest absolute Gasteiger partial charge is 0.486 e. The first kappa shape index (κ1) is 15.7. The van der Waals surface area contributed by atoms with Gasteiger partial charge in [0.05, 0.1) is 16.6 Å². The number of nitrogens with one attached hydrogen (secondary N) is 1. The van der Waals surface area contributed by atoms with E-state index < -0.39 is 0 Å². The van der Waals surface area contributed by atoms with Crippen molar-refractivity contribution in [2.75, 3.05) is 6.54 Å². The van der Waals surface area contributed by atoms with Crippen LogP contribution in [0.25, 0.3) is 11.0 Å². The van der Waals surface area contributed by atoms with Gasteiger partial charge in [0.15, 0.2) is 11.9 Å². The molecule has 1 N–H and O–H groups in total. The zero-order chi connectivity index (χ0) is 17.7. The Kier molecular flexibility index (Phi) is 3.62. The van der Waals surface area contributed by atoms with Crippen molar-refractivity contribution >= 4 is 16.9 Å². The first-order chi connectivity index (χ1) is 12.7. The number of amides is 1. The summed E-state index contributed by atoms with van der Waals surface area (Å²) in [5, 5.41) is 2.97. The zero-order valence-electron chi connectivity index (χ0n) is 15.0. The SMILES string of the molecule is CC1=CCCC[C@H]1C1=CCC(c2nc3cccc4c3n2CCNC4=O)O1. The van der Waals surface area contributed by atoms with Crippen molar-refractivity contribution in [3.63, 3.8) is 0 Å². The minimum Gasteiger partial charge on any atom is -0.486 e. The molecule has 3 heterocycles. The van der Waals surface area contributed by atoms with E-state index in [0.717, 1.165) is 35.6 Å². The third-order valence-corrected chi connectivity index (χ3v) is 5.82. The lowest BCUT2D eigenvalue weighted by molar-refractivity contribution is 0.0956. The van der Waals surface area contributed by atoms with E-state index in [-0.39, 0.29) is 12.0 Å². The maximum atomic E-state index is 12.3. The van der Waals surface area contributed by atoms with Crippen LogP contribution in [0.5, 0.6) is 0 Å². The molecule has 0 spiro atoms. The molecular formula is C21H23N3O2. The molecular weight excluding hydrogens is 326 g/mol. The van der Waals surface area contributed by atoms with Gasteiger partial charge in [0.2, 0.25) is 0 Å². The summed E-state index contributed by atoms with van der Waals surface area (Å²) in [5.74, 6) is 2.44. The number of allylic oxidation sites excluding steroid dienone is 2. The number of carbonyl (C=O) groups is 1. The summed E-state index contributed by atoms with van der Waals surface area (Å²) in [5.41, 5.74) is 3.94. The lowest BCUT2D eigenvalue weighted by Gasteiger charge is -2.24. The van der Waals surface area contributed by atoms with Gasteiger partial charge >= 0.3 is 0 Å². The highest BCUT2D eigenvalue weighted by Crippen LogP contribution is 2.40. The molecule has 0 radical (unpaired) electrons. The van der Waals surface area contributed by atoms with Crippen molar-refractivity contribution < 1.29 is 9.53 Å². The van der Waals surface area contributed by atoms with E-state index in [1.165, 1.54) is 24.8 Å². The maximum absolute atomic E-state index is 12.3. The van der Waals surface area contributed by atoms with Crippen LogP contribution in [0.3, 0.4) is 0 Å². The molecule has 134 valence electrons. The van der Waals surface area contributed by atoms with E-state index in [9.17, 15) is 4.79 Å². The number of hydrogen-bond acceptors (Lipinski definition) is 3. The number of para-hydroxylation sites is 1. The predicted octanol–water partition coefficient (Wildman–Crippen LogP) is 3.87. The average Bonchev–Trinajstić information content (AvgIpc) is 3.22. The lowest BCUT2D eigenvalue weighted by atomic mass is 9.87. The standard InChI is InChI=1S/C21H23N3O2/c1-13-5-2-3-6-14(13)17-9-10-18(26-17)20-23-16-8-4-7-15-19(16)24(20)12-11-22-21(15)25/h4-5,7-9,14,18H,2-3,6,10-12H2,1H3,(H,22,25)/t14-,18?/m1/s1. The quantitative estimate of drug-likeness (QED) is 0.838. The Morgan fingerprint density at radius 1 is 1.31 bits per heavy atom. The van der Waals surface area contributed by atoms with Gasteiger partial charge in [-0.15, -0.1) is 0 Å². The number of ether oxygens (including phenoxy) is 1. The van der Waals surface area contributed by atoms with Crippen LogP contribution in [0.1, 0.15) is 54.9 Å². The Morgan fingerprint density at radius 3 is 3.12 bits per heavy atom. The van der Waals surface area contributed by atoms with Crippen molar-refractivity contribution in [3.05, 3.63) is 53.1 Å². The number of imidazole rings is 1. The van der Waals surface area contributed by atoms with Crippen LogP contribution in [0.4, 0.5) is 0 Å². The van der Waals surface area contributed by atoms with E-state index >= 15 is 0 Å². The zero-order valence-corrected chi connectivity index (χ0v) is 15.0. The lowest BCUT2D eigenvalue weighted by Crippen LogP contribution is -2.24. The molecule has 2 aromatic rings. The average molecular weight is 349 g/mol. The molecule has 0 saturated heterocycles. The van der Waals surface area contributed by atoms with E-state index in [1.807, 2.05) is 18.2 Å². The van der Waals surface area contributed by atoms with Crippen molar-refractivity contribution in [2.45, 2.75) is 45.3 Å². The van der Waals surface area contributed by atoms with Gasteiger partial charge in [0, 0.05) is 25.4 Å². The van der Waals surface area contributed by atoms with Gasteiger partial charge < -0.3 is 14.6 Å². The minimum atomic E-state index is -0.0619. The molecule has 5 nitrogen and oxygen atoms in total. The molecule has 1 unspecified atom stereocenters. The summed E-state index contributed by atoms with van der Waals surface area (Å²) in [6.07, 6.45) is 8.94. The van der Waals surface area contributed by atoms with Crippen LogP contribution in [0, 0.1) is 5.92 Å². The van der Waals surface area contributed by atoms with E-state index in [1.54, 1.807) is 0 Å². The van der Waals surface area contributed by atoms with E-state index in [0.29, 0.717) is 18.0 Å². The van der Waals surface area contributed by atoms with Crippen molar-refractivity contribution in [1.82, 2.24) is 14.9 Å². The fourth-order valence-corrected chi connectivity index (χ4v) is 4.49. The number of aromatic nitrogens is 2. The highest BCUT2D eigenvalue weighted by molar-refractivity contribution is 6.05. The van der Waals surface area contributed by atoms with Crippen molar-refractivity contribution in [2.24, 2.45) is 5.92 Å². The smallest absolute Gasteiger partial charge is 0.253 e. The van der Waals surface area contributed by atoms with Crippen LogP contribution in [-0.2, 0) is 11.3 Å². The molecule has 1 amide bonds. The number of nitrogens with zero attached hydrogens (tertiary/aromatic N) is 2. The maximum Gasteiger partial charge on any atom is 0.253 e. The first-order valence-corrected chi connectivity index (χ1v) is 9.53. The monoisotopic (exact) mass is 349 g/mol. The first-order valence-electron chi connectivity index (χ1n) is 9.53. The van der Waals surface area contributed by atoms with Crippen LogP contribution in [-0.4, -0.2) is 22.0 Å². The van der Waals surface area contributed by atoms with Crippen LogP contribution in [0.15, 0.2) is 41.7 Å². The fraction of sp³-hybridized carbons (Fsp3) is 0.429. The van der Waals surface area contributed by atoms with Gasteiger partial charge in [0.1, 0.15) is 5.76 Å². The number of carbonyl (C=O) groups excluding carboxylic acids is 1. The molecule has 2 aliphatic heterocycles. The van der Waals surface area contributed by atoms with Crippen LogP contribution in [0.2, 0.25) is 0 Å². The number of rotatable bonds is 2. The summed E-state index contributed by atoms with van der Waals surface area (Å²) in [6.45, 7) is 3.55. The summed E-state index contributed by atoms with van der Waals surface area (Å²) < 4.78 is 8.57. The highest BCUT2D eigenvalue weighted by Gasteiger charge is 2.32. The third kappa shape index (κ3) is 2.37. The molecule has 26 heavy (non-hydrogen) atoms. The fourth-order valence-electron chi connectivity index (χ4n) is 4.49. The Hall–Kier alpha value is -2.56. The molecule has 0 fully saturated rings. The molecule has 0 bridgehead atoms. The third-order valence-electron chi connectivity index (χ3n) is 5.82. The molecule has 3 aliphatic rings. The molecule has 2 atom stereocenters. The molecule has 1 aliphatic carbocycles. The van der Waals surface area contributed by atoms with Gasteiger partial charge in [0.25, 0.3) is 5.91 Å². The molecule has 5 rings (SSSR count). The second-order valence-corrected chi connectivity index (χ2v) is 7.43. The highest BCUT2D eigenvalue weighted by atomic mass is 16.5. The number of hydrogen-bond donors (Lipinski definition) is 1. The second-order valence-electron chi connectivity index (χ2n) is 7.43. The molecule has 0 saturated carbocycles. The summed E-state index contributed by atoms with van der Waals surface area (Å²) in [6, 6.07) is 5.76. The molecule has 1 aromatic heterocycles. The minimum absolute atomic E-state index is 0.0186. The van der Waals surface area contributed by atoms with Crippen LogP contribution >= 0.6 is 0 Å². The Bertz CT molecular complexity index is 954. The topological polar surface area (TPSA) is 56.2 Å². The molecule has 5 heteroatoms. The van der Waals surface area contributed by atoms with Crippen molar-refractivity contribution in [1.29, 1.82) is 0 Å². The van der Waals surface area contributed by atoms with E-state index in [2.05, 4.69) is 29.0 Å². The van der Waals surface area contributed by atoms with Crippen LogP contribution < -0.4 is 5.32 Å². The van der Waals surface area contributed by atoms with Gasteiger partial charge in [-0.25, -0.2) is 4.98 Å². The van der Waals surface area contributed by atoms with E-state index in [4.69, 9.17) is 9.72 Å². The summed E-state index contributed by atoms with van der Waals surface area (Å²) in [4.78, 5) is 17.2. The number of benzene rings is 1. The van der Waals surface area contributed by atoms with Gasteiger partial charge in [-0.1, -0.05) is 17.7 Å². The summed E-state index contributed by atoms with van der Waals surface area (Å²) >= 11 is 0. The van der Waals surface area contributed by atoms with Crippen molar-refractivity contribution in [3.8, 4) is 0 Å². The van der Waals surface area contributed by atoms with Gasteiger partial charge in [-0.05, 0) is 44.4 Å². The van der Waals surface area contributed by atoms with Gasteiger partial charge in [-0.3, -0.25) is 4.79 Å². The van der Waals surface area contributed by atoms with Gasteiger partial charge in [-0.2, -0.15) is 0 Å². The summed E-state index contributed by atoms with van der Waals surface area (Å²) in [7, 11) is 0. The normalized spacial score (nSPS) is 25.3. The Labute approximate surface area is 152 Å². The predicted molar refractivity (Wildman–Crippen MR) is 99.7 cm³/mol. The molecule has 1 aromatic carbocycles. The Morgan fingerprint density at radius 2 is 2.23 bits per heavy atom. The Balaban J connectivity index is 1.50. The second kappa shape index (κ2) is 6.01.